The van der Waals surface area contributed by atoms with Crippen molar-refractivity contribution in [1.29, 1.82) is 0 Å². The van der Waals surface area contributed by atoms with Crippen molar-refractivity contribution in [3.63, 3.8) is 0 Å². The van der Waals surface area contributed by atoms with Crippen molar-refractivity contribution >= 4 is 23.1 Å². The van der Waals surface area contributed by atoms with Gasteiger partial charge in [-0.1, -0.05) is 17.8 Å². The second kappa shape index (κ2) is 9.02. The molecule has 8 nitrogen and oxygen atoms in total. The minimum absolute atomic E-state index is 0.0797. The summed E-state index contributed by atoms with van der Waals surface area (Å²) < 4.78 is 18.2. The van der Waals surface area contributed by atoms with Gasteiger partial charge in [0, 0.05) is 17.7 Å². The second-order valence-corrected chi connectivity index (χ2v) is 8.33. The molecule has 0 amide bonds. The molecular weight excluding hydrogens is 412 g/mol. The van der Waals surface area contributed by atoms with Gasteiger partial charge in [0.05, 0.1) is 38.1 Å². The van der Waals surface area contributed by atoms with Crippen molar-refractivity contribution in [3.8, 4) is 22.1 Å². The van der Waals surface area contributed by atoms with Gasteiger partial charge < -0.3 is 14.2 Å². The van der Waals surface area contributed by atoms with Crippen LogP contribution in [0.15, 0.2) is 33.5 Å². The number of benzene rings is 1. The predicted octanol–water partition coefficient (Wildman–Crippen LogP) is 3.18. The summed E-state index contributed by atoms with van der Waals surface area (Å²) in [5.41, 5.74) is 1.60. The van der Waals surface area contributed by atoms with Gasteiger partial charge in [-0.05, 0) is 25.0 Å². The normalized spacial score (nSPS) is 16.3. The number of aromatic nitrogens is 4. The van der Waals surface area contributed by atoms with Crippen molar-refractivity contribution < 1.29 is 14.2 Å². The van der Waals surface area contributed by atoms with E-state index in [1.807, 2.05) is 23.6 Å². The molecular formula is C19H22N4O4S2. The van der Waals surface area contributed by atoms with E-state index in [2.05, 4.69) is 10.2 Å². The molecule has 29 heavy (non-hydrogen) atoms. The fourth-order valence-corrected chi connectivity index (χ4v) is 5.05. The third kappa shape index (κ3) is 4.34. The number of aromatic amines is 1. The molecule has 3 heterocycles. The van der Waals surface area contributed by atoms with Crippen molar-refractivity contribution in [2.75, 3.05) is 20.8 Å². The second-order valence-electron chi connectivity index (χ2n) is 6.53. The number of nitrogens with one attached hydrogen (secondary N) is 1. The van der Waals surface area contributed by atoms with Crippen LogP contribution in [0.3, 0.4) is 0 Å². The average Bonchev–Trinajstić information content (AvgIpc) is 3.49. The van der Waals surface area contributed by atoms with Crippen LogP contribution in [0.4, 0.5) is 0 Å². The van der Waals surface area contributed by atoms with Gasteiger partial charge in [0.1, 0.15) is 5.01 Å². The molecule has 0 bridgehead atoms. The molecule has 0 aliphatic carbocycles. The fraction of sp³-hybridized carbons (Fsp3) is 0.421. The van der Waals surface area contributed by atoms with Crippen LogP contribution >= 0.6 is 23.1 Å². The van der Waals surface area contributed by atoms with E-state index in [0.29, 0.717) is 29.0 Å². The standard InChI is InChI=1S/C19H22N4O4S2/c1-25-15-7-3-6-14(16(15)26-2)17-20-12(10-28-17)11-29-19-22-21-18(24)23(19)9-13-5-4-8-27-13/h3,6-7,10,13H,4-5,8-9,11H2,1-2H3,(H,21,24). The third-order valence-corrected chi connectivity index (χ3v) is 6.60. The third-order valence-electron chi connectivity index (χ3n) is 4.67. The van der Waals surface area contributed by atoms with Crippen molar-refractivity contribution in [1.82, 2.24) is 19.7 Å². The summed E-state index contributed by atoms with van der Waals surface area (Å²) in [6, 6.07) is 5.74. The lowest BCUT2D eigenvalue weighted by molar-refractivity contribution is 0.0941. The number of rotatable bonds is 8. The lowest BCUT2D eigenvalue weighted by Crippen LogP contribution is -2.24. The zero-order valence-corrected chi connectivity index (χ0v) is 17.8. The predicted molar refractivity (Wildman–Crippen MR) is 112 cm³/mol. The van der Waals surface area contributed by atoms with Crippen LogP contribution < -0.4 is 15.2 Å². The maximum absolute atomic E-state index is 12.1. The van der Waals surface area contributed by atoms with Crippen LogP contribution in [0.25, 0.3) is 10.6 Å². The first-order chi connectivity index (χ1) is 14.2. The number of methoxy groups -OCH3 is 2. The summed E-state index contributed by atoms with van der Waals surface area (Å²) in [5.74, 6) is 1.95. The Kier molecular flexibility index (Phi) is 6.22. The smallest absolute Gasteiger partial charge is 0.344 e. The zero-order valence-electron chi connectivity index (χ0n) is 16.2. The molecule has 1 atom stereocenters. The van der Waals surface area contributed by atoms with Crippen LogP contribution in [-0.2, 0) is 17.0 Å². The van der Waals surface area contributed by atoms with E-state index in [0.717, 1.165) is 35.7 Å². The number of nitrogens with zero attached hydrogens (tertiary/aromatic N) is 3. The van der Waals surface area contributed by atoms with Gasteiger partial charge in [-0.15, -0.1) is 16.4 Å². The number of hydrogen-bond donors (Lipinski definition) is 1. The number of hydrogen-bond acceptors (Lipinski definition) is 8. The first kappa shape index (κ1) is 20.0. The molecule has 4 rings (SSSR count). The number of H-pyrrole nitrogens is 1. The van der Waals surface area contributed by atoms with E-state index < -0.39 is 0 Å². The molecule has 1 aliphatic heterocycles. The van der Waals surface area contributed by atoms with Gasteiger partial charge in [0.15, 0.2) is 16.7 Å². The molecule has 0 spiro atoms. The van der Waals surface area contributed by atoms with E-state index in [1.54, 1.807) is 30.1 Å². The SMILES string of the molecule is COc1cccc(-c2nc(CSc3n[nH]c(=O)n3CC3CCCO3)cs2)c1OC. The van der Waals surface area contributed by atoms with Crippen LogP contribution in [0.2, 0.25) is 0 Å². The Balaban J connectivity index is 1.48. The number of para-hydroxylation sites is 1. The Morgan fingerprint density at radius 3 is 3.03 bits per heavy atom. The fourth-order valence-electron chi connectivity index (χ4n) is 3.26. The molecule has 1 fully saturated rings. The number of thiazole rings is 1. The van der Waals surface area contributed by atoms with E-state index in [1.165, 1.54) is 11.8 Å². The molecule has 1 aliphatic rings. The minimum Gasteiger partial charge on any atom is -0.493 e. The lowest BCUT2D eigenvalue weighted by Gasteiger charge is -2.11. The highest BCUT2D eigenvalue weighted by Crippen LogP contribution is 2.39. The molecule has 0 radical (unpaired) electrons. The van der Waals surface area contributed by atoms with E-state index in [-0.39, 0.29) is 11.8 Å². The summed E-state index contributed by atoms with van der Waals surface area (Å²) in [6.45, 7) is 1.29. The van der Waals surface area contributed by atoms with E-state index in [9.17, 15) is 4.79 Å². The first-order valence-corrected chi connectivity index (χ1v) is 11.1. The lowest BCUT2D eigenvalue weighted by atomic mass is 10.2. The molecule has 154 valence electrons. The van der Waals surface area contributed by atoms with E-state index >= 15 is 0 Å². The minimum atomic E-state index is -0.205. The molecule has 2 aromatic heterocycles. The number of ether oxygens (including phenoxy) is 3. The highest BCUT2D eigenvalue weighted by molar-refractivity contribution is 7.98. The van der Waals surface area contributed by atoms with Crippen LogP contribution in [0.5, 0.6) is 11.5 Å². The summed E-state index contributed by atoms with van der Waals surface area (Å²) in [5, 5.41) is 10.2. The summed E-state index contributed by atoms with van der Waals surface area (Å²) in [4.78, 5) is 16.8. The van der Waals surface area contributed by atoms with E-state index in [4.69, 9.17) is 19.2 Å². The van der Waals surface area contributed by atoms with Crippen molar-refractivity contribution in [2.45, 2.75) is 36.4 Å². The van der Waals surface area contributed by atoms with Crippen molar-refractivity contribution in [2.24, 2.45) is 0 Å². The highest BCUT2D eigenvalue weighted by atomic mass is 32.2. The van der Waals surface area contributed by atoms with Gasteiger partial charge >= 0.3 is 5.69 Å². The van der Waals surface area contributed by atoms with Crippen LogP contribution in [-0.4, -0.2) is 46.7 Å². The Labute approximate surface area is 176 Å². The largest absolute Gasteiger partial charge is 0.493 e. The van der Waals surface area contributed by atoms with Crippen LogP contribution in [0.1, 0.15) is 18.5 Å². The van der Waals surface area contributed by atoms with Gasteiger partial charge in [-0.25, -0.2) is 14.9 Å². The molecule has 1 unspecified atom stereocenters. The molecule has 1 saturated heterocycles. The first-order valence-electron chi connectivity index (χ1n) is 9.25. The van der Waals surface area contributed by atoms with Gasteiger partial charge in [-0.2, -0.15) is 0 Å². The van der Waals surface area contributed by atoms with Gasteiger partial charge in [0.25, 0.3) is 0 Å². The van der Waals surface area contributed by atoms with Crippen molar-refractivity contribution in [3.05, 3.63) is 39.8 Å². The topological polar surface area (TPSA) is 91.3 Å². The quantitative estimate of drug-likeness (QED) is 0.545. The summed E-state index contributed by atoms with van der Waals surface area (Å²) in [7, 11) is 3.24. The van der Waals surface area contributed by atoms with Gasteiger partial charge in [0.2, 0.25) is 0 Å². The average molecular weight is 435 g/mol. The molecule has 3 aromatic rings. The Bertz CT molecular complexity index is 1020. The zero-order chi connectivity index (χ0) is 20.2. The summed E-state index contributed by atoms with van der Waals surface area (Å²) >= 11 is 3.03. The molecule has 10 heteroatoms. The molecule has 1 aromatic carbocycles. The molecule has 0 saturated carbocycles. The monoisotopic (exact) mass is 434 g/mol. The van der Waals surface area contributed by atoms with Crippen LogP contribution in [0, 0.1) is 0 Å². The maximum atomic E-state index is 12.1. The Hall–Kier alpha value is -2.30. The maximum Gasteiger partial charge on any atom is 0.344 e. The summed E-state index contributed by atoms with van der Waals surface area (Å²) in [6.07, 6.45) is 2.09. The Morgan fingerprint density at radius 2 is 2.28 bits per heavy atom. The number of thioether (sulfide) groups is 1. The van der Waals surface area contributed by atoms with Gasteiger partial charge in [-0.3, -0.25) is 4.57 Å². The molecule has 1 N–H and O–H groups in total. The highest BCUT2D eigenvalue weighted by Gasteiger charge is 2.20. The Morgan fingerprint density at radius 1 is 1.38 bits per heavy atom.